The van der Waals surface area contributed by atoms with Gasteiger partial charge in [-0.2, -0.15) is 0 Å². The molecule has 5 heteroatoms. The molecule has 5 nitrogen and oxygen atoms in total. The number of aromatic amines is 1. The second kappa shape index (κ2) is 4.32. The number of carbonyl (C=O) groups is 1. The molecule has 0 amide bonds. The van der Waals surface area contributed by atoms with E-state index in [1.165, 1.54) is 0 Å². The summed E-state index contributed by atoms with van der Waals surface area (Å²) < 4.78 is 0. The number of hydrogen-bond donors (Lipinski definition) is 3. The van der Waals surface area contributed by atoms with Gasteiger partial charge in [-0.25, -0.2) is 9.78 Å². The molecule has 1 aromatic heterocycles. The van der Waals surface area contributed by atoms with Crippen molar-refractivity contribution >= 4 is 17.0 Å². The van der Waals surface area contributed by atoms with Gasteiger partial charge < -0.3 is 15.2 Å². The van der Waals surface area contributed by atoms with Gasteiger partial charge in [-0.1, -0.05) is 6.07 Å². The standard InChI is InChI=1S/C11H12N2O3/c14-10(11(15)16)4-2-7-1-3-8-9(5-7)13-6-12-8/h1,3,5-6,10,14H,2,4H2,(H,12,13)(H,15,16). The number of nitrogens with zero attached hydrogens (tertiary/aromatic N) is 1. The van der Waals surface area contributed by atoms with Crippen LogP contribution in [0, 0.1) is 0 Å². The van der Waals surface area contributed by atoms with E-state index in [1.807, 2.05) is 18.2 Å². The molecule has 0 bridgehead atoms. The van der Waals surface area contributed by atoms with Crippen LogP contribution in [0.25, 0.3) is 11.0 Å². The Morgan fingerprint density at radius 3 is 3.06 bits per heavy atom. The summed E-state index contributed by atoms with van der Waals surface area (Å²) in [7, 11) is 0. The fraction of sp³-hybridized carbons (Fsp3) is 0.273. The van der Waals surface area contributed by atoms with E-state index in [0.29, 0.717) is 6.42 Å². The molecule has 0 saturated heterocycles. The van der Waals surface area contributed by atoms with Crippen molar-refractivity contribution in [3.8, 4) is 0 Å². The van der Waals surface area contributed by atoms with Gasteiger partial charge in [-0.15, -0.1) is 0 Å². The minimum Gasteiger partial charge on any atom is -0.479 e. The van der Waals surface area contributed by atoms with Crippen LogP contribution in [0.3, 0.4) is 0 Å². The molecule has 16 heavy (non-hydrogen) atoms. The lowest BCUT2D eigenvalue weighted by atomic mass is 10.1. The fourth-order valence-electron chi connectivity index (χ4n) is 1.57. The van der Waals surface area contributed by atoms with E-state index in [2.05, 4.69) is 9.97 Å². The largest absolute Gasteiger partial charge is 0.479 e. The number of fused-ring (bicyclic) bond motifs is 1. The van der Waals surface area contributed by atoms with Crippen molar-refractivity contribution < 1.29 is 15.0 Å². The molecule has 0 saturated carbocycles. The van der Waals surface area contributed by atoms with Crippen molar-refractivity contribution in [3.05, 3.63) is 30.1 Å². The fourth-order valence-corrected chi connectivity index (χ4v) is 1.57. The normalized spacial score (nSPS) is 12.8. The Kier molecular flexibility index (Phi) is 2.87. The number of benzene rings is 1. The molecular formula is C11H12N2O3. The number of aryl methyl sites for hydroxylation is 1. The summed E-state index contributed by atoms with van der Waals surface area (Å²) in [5.41, 5.74) is 2.78. The number of hydrogen-bond acceptors (Lipinski definition) is 3. The van der Waals surface area contributed by atoms with Crippen LogP contribution in [-0.4, -0.2) is 32.3 Å². The lowest BCUT2D eigenvalue weighted by Crippen LogP contribution is -2.19. The van der Waals surface area contributed by atoms with E-state index in [0.717, 1.165) is 16.6 Å². The van der Waals surface area contributed by atoms with Gasteiger partial charge in [0.15, 0.2) is 6.10 Å². The van der Waals surface area contributed by atoms with Gasteiger partial charge in [-0.3, -0.25) is 0 Å². The first-order valence-electron chi connectivity index (χ1n) is 4.99. The van der Waals surface area contributed by atoms with Gasteiger partial charge in [0.25, 0.3) is 0 Å². The maximum Gasteiger partial charge on any atom is 0.332 e. The molecule has 2 rings (SSSR count). The van der Waals surface area contributed by atoms with Gasteiger partial charge in [0.05, 0.1) is 17.4 Å². The Morgan fingerprint density at radius 1 is 1.50 bits per heavy atom. The van der Waals surface area contributed by atoms with Crippen LogP contribution >= 0.6 is 0 Å². The second-order valence-electron chi connectivity index (χ2n) is 3.65. The maximum atomic E-state index is 10.4. The number of aliphatic hydroxyl groups excluding tert-OH is 1. The molecule has 84 valence electrons. The third kappa shape index (κ3) is 2.20. The average molecular weight is 220 g/mol. The van der Waals surface area contributed by atoms with Gasteiger partial charge in [0, 0.05) is 0 Å². The first-order valence-corrected chi connectivity index (χ1v) is 4.99. The Hall–Kier alpha value is -1.88. The summed E-state index contributed by atoms with van der Waals surface area (Å²) in [4.78, 5) is 17.5. The summed E-state index contributed by atoms with van der Waals surface area (Å²) in [5, 5.41) is 17.7. The monoisotopic (exact) mass is 220 g/mol. The lowest BCUT2D eigenvalue weighted by molar-refractivity contribution is -0.146. The molecule has 1 unspecified atom stereocenters. The minimum atomic E-state index is -1.29. The Morgan fingerprint density at radius 2 is 2.31 bits per heavy atom. The van der Waals surface area contributed by atoms with Crippen molar-refractivity contribution in [2.75, 3.05) is 0 Å². The van der Waals surface area contributed by atoms with E-state index in [9.17, 15) is 4.79 Å². The van der Waals surface area contributed by atoms with Gasteiger partial charge in [0.2, 0.25) is 0 Å². The number of rotatable bonds is 4. The minimum absolute atomic E-state index is 0.217. The van der Waals surface area contributed by atoms with E-state index >= 15 is 0 Å². The predicted octanol–water partition coefficient (Wildman–Crippen LogP) is 0.941. The van der Waals surface area contributed by atoms with E-state index in [4.69, 9.17) is 10.2 Å². The SMILES string of the molecule is O=C(O)C(O)CCc1ccc2nc[nH]c2c1. The van der Waals surface area contributed by atoms with Crippen molar-refractivity contribution in [3.63, 3.8) is 0 Å². The van der Waals surface area contributed by atoms with Crippen molar-refractivity contribution in [1.82, 2.24) is 9.97 Å². The summed E-state index contributed by atoms with van der Waals surface area (Å²) >= 11 is 0. The van der Waals surface area contributed by atoms with Crippen LogP contribution in [0.4, 0.5) is 0 Å². The molecule has 0 aliphatic heterocycles. The number of aliphatic carboxylic acids is 1. The topological polar surface area (TPSA) is 86.2 Å². The highest BCUT2D eigenvalue weighted by molar-refractivity contribution is 5.75. The molecule has 0 spiro atoms. The summed E-state index contributed by atoms with van der Waals surface area (Å²) in [6.07, 6.45) is 1.07. The highest BCUT2D eigenvalue weighted by Crippen LogP contribution is 2.13. The first kappa shape index (κ1) is 10.6. The molecule has 0 radical (unpaired) electrons. The molecule has 1 aromatic carbocycles. The third-order valence-electron chi connectivity index (χ3n) is 2.48. The zero-order valence-electron chi connectivity index (χ0n) is 8.55. The molecule has 0 fully saturated rings. The smallest absolute Gasteiger partial charge is 0.332 e. The Labute approximate surface area is 91.8 Å². The molecule has 0 aliphatic carbocycles. The van der Waals surface area contributed by atoms with Crippen LogP contribution in [0.5, 0.6) is 0 Å². The molecule has 1 heterocycles. The van der Waals surface area contributed by atoms with E-state index < -0.39 is 12.1 Å². The molecule has 3 N–H and O–H groups in total. The van der Waals surface area contributed by atoms with Crippen LogP contribution in [0.2, 0.25) is 0 Å². The number of aromatic nitrogens is 2. The number of nitrogens with one attached hydrogen (secondary N) is 1. The van der Waals surface area contributed by atoms with Gasteiger partial charge >= 0.3 is 5.97 Å². The van der Waals surface area contributed by atoms with Crippen molar-refractivity contribution in [2.45, 2.75) is 18.9 Å². The molecule has 0 aliphatic rings. The summed E-state index contributed by atoms with van der Waals surface area (Å²) in [6.45, 7) is 0. The molecule has 2 aromatic rings. The first-order chi connectivity index (χ1) is 7.66. The highest BCUT2D eigenvalue weighted by atomic mass is 16.4. The number of imidazole rings is 1. The number of H-pyrrole nitrogens is 1. The summed E-state index contributed by atoms with van der Waals surface area (Å²) in [6, 6.07) is 5.67. The lowest BCUT2D eigenvalue weighted by Gasteiger charge is -2.05. The summed E-state index contributed by atoms with van der Waals surface area (Å²) in [5.74, 6) is -1.18. The van der Waals surface area contributed by atoms with Crippen molar-refractivity contribution in [2.24, 2.45) is 0 Å². The molecular weight excluding hydrogens is 208 g/mol. The van der Waals surface area contributed by atoms with Crippen LogP contribution in [-0.2, 0) is 11.2 Å². The second-order valence-corrected chi connectivity index (χ2v) is 3.65. The third-order valence-corrected chi connectivity index (χ3v) is 2.48. The van der Waals surface area contributed by atoms with Gasteiger partial charge in [-0.05, 0) is 30.5 Å². The van der Waals surface area contributed by atoms with Crippen molar-refractivity contribution in [1.29, 1.82) is 0 Å². The quantitative estimate of drug-likeness (QED) is 0.715. The Balaban J connectivity index is 2.06. The van der Waals surface area contributed by atoms with Gasteiger partial charge in [0.1, 0.15) is 0 Å². The Bertz CT molecular complexity index is 507. The van der Waals surface area contributed by atoms with Crippen LogP contribution < -0.4 is 0 Å². The number of carboxylic acid groups (broad SMARTS) is 1. The van der Waals surface area contributed by atoms with E-state index in [-0.39, 0.29) is 6.42 Å². The van der Waals surface area contributed by atoms with E-state index in [1.54, 1.807) is 6.33 Å². The molecule has 1 atom stereocenters. The predicted molar refractivity (Wildman–Crippen MR) is 58.1 cm³/mol. The van der Waals surface area contributed by atoms with Crippen LogP contribution in [0.1, 0.15) is 12.0 Å². The maximum absolute atomic E-state index is 10.4. The zero-order chi connectivity index (χ0) is 11.5. The highest BCUT2D eigenvalue weighted by Gasteiger charge is 2.12. The van der Waals surface area contributed by atoms with Crippen LogP contribution in [0.15, 0.2) is 24.5 Å². The average Bonchev–Trinajstić information content (AvgIpc) is 2.72. The zero-order valence-corrected chi connectivity index (χ0v) is 8.55. The number of carboxylic acids is 1. The number of aliphatic hydroxyl groups is 1.